The van der Waals surface area contributed by atoms with E-state index in [2.05, 4.69) is 0 Å². The van der Waals surface area contributed by atoms with Crippen LogP contribution in [-0.2, 0) is 16.0 Å². The van der Waals surface area contributed by atoms with E-state index >= 15 is 0 Å². The van der Waals surface area contributed by atoms with Crippen molar-refractivity contribution in [3.63, 3.8) is 0 Å². The SMILES string of the molecule is COc1ccc(S(=O)(=O)C2CCN(C(=O)c3ccccc3C(F)(F)F)CC2)cc1. The molecule has 9 heteroatoms. The molecule has 0 N–H and O–H groups in total. The second-order valence-corrected chi connectivity index (χ2v) is 8.98. The summed E-state index contributed by atoms with van der Waals surface area (Å²) in [6.45, 7) is 0.149. The maximum atomic E-state index is 13.2. The molecule has 0 atom stereocenters. The van der Waals surface area contributed by atoms with Gasteiger partial charge in [0.25, 0.3) is 5.91 Å². The van der Waals surface area contributed by atoms with Crippen LogP contribution in [0.1, 0.15) is 28.8 Å². The number of carbonyl (C=O) groups excluding carboxylic acids is 1. The average molecular weight is 427 g/mol. The Hall–Kier alpha value is -2.55. The van der Waals surface area contributed by atoms with Gasteiger partial charge in [0.1, 0.15) is 5.75 Å². The minimum absolute atomic E-state index is 0.0745. The number of benzene rings is 2. The zero-order chi connectivity index (χ0) is 21.2. The highest BCUT2D eigenvalue weighted by molar-refractivity contribution is 7.92. The number of likely N-dealkylation sites (tertiary alicyclic amines) is 1. The van der Waals surface area contributed by atoms with Gasteiger partial charge in [-0.1, -0.05) is 12.1 Å². The van der Waals surface area contributed by atoms with Crippen molar-refractivity contribution in [2.75, 3.05) is 20.2 Å². The molecule has 0 spiro atoms. The van der Waals surface area contributed by atoms with E-state index in [9.17, 15) is 26.4 Å². The van der Waals surface area contributed by atoms with Crippen LogP contribution in [0.15, 0.2) is 53.4 Å². The number of amides is 1. The summed E-state index contributed by atoms with van der Waals surface area (Å²) >= 11 is 0. The van der Waals surface area contributed by atoms with E-state index in [1.54, 1.807) is 12.1 Å². The second-order valence-electron chi connectivity index (χ2n) is 6.76. The zero-order valence-corrected chi connectivity index (χ0v) is 16.5. The largest absolute Gasteiger partial charge is 0.497 e. The molecule has 1 aliphatic rings. The van der Waals surface area contributed by atoms with Crippen LogP contribution in [0, 0.1) is 0 Å². The van der Waals surface area contributed by atoms with E-state index in [-0.39, 0.29) is 30.8 Å². The first-order chi connectivity index (χ1) is 13.6. The first-order valence-corrected chi connectivity index (χ1v) is 10.5. The molecule has 0 aliphatic carbocycles. The molecular formula is C20H20F3NO4S. The molecule has 0 bridgehead atoms. The molecule has 5 nitrogen and oxygen atoms in total. The van der Waals surface area contributed by atoms with Crippen LogP contribution in [0.3, 0.4) is 0 Å². The molecule has 2 aromatic rings. The molecule has 1 aliphatic heterocycles. The zero-order valence-electron chi connectivity index (χ0n) is 15.6. The van der Waals surface area contributed by atoms with Gasteiger partial charge in [-0.3, -0.25) is 4.79 Å². The van der Waals surface area contributed by atoms with Gasteiger partial charge in [-0.25, -0.2) is 8.42 Å². The number of ether oxygens (including phenoxy) is 1. The molecule has 1 fully saturated rings. The average Bonchev–Trinajstić information content (AvgIpc) is 2.72. The highest BCUT2D eigenvalue weighted by atomic mass is 32.2. The Morgan fingerprint density at radius 2 is 1.62 bits per heavy atom. The molecule has 29 heavy (non-hydrogen) atoms. The number of hydrogen-bond acceptors (Lipinski definition) is 4. The van der Waals surface area contributed by atoms with Crippen LogP contribution in [0.4, 0.5) is 13.2 Å². The Balaban J connectivity index is 1.73. The first-order valence-electron chi connectivity index (χ1n) is 8.98. The van der Waals surface area contributed by atoms with Gasteiger partial charge in [0.15, 0.2) is 9.84 Å². The number of rotatable bonds is 4. The lowest BCUT2D eigenvalue weighted by molar-refractivity contribution is -0.138. The van der Waals surface area contributed by atoms with Crippen molar-refractivity contribution in [1.29, 1.82) is 0 Å². The van der Waals surface area contributed by atoms with Gasteiger partial charge in [-0.05, 0) is 49.2 Å². The standard InChI is InChI=1S/C20H20F3NO4S/c1-28-14-6-8-15(9-7-14)29(26,27)16-10-12-24(13-11-16)19(25)17-4-2-3-5-18(17)20(21,22)23/h2-9,16H,10-13H2,1H3. The minimum Gasteiger partial charge on any atom is -0.497 e. The molecule has 1 saturated heterocycles. The Labute approximate surface area is 167 Å². The Bertz CT molecular complexity index is 980. The summed E-state index contributed by atoms with van der Waals surface area (Å²) in [5.41, 5.74) is -1.41. The van der Waals surface area contributed by atoms with Crippen molar-refractivity contribution in [3.05, 3.63) is 59.7 Å². The van der Waals surface area contributed by atoms with Crippen LogP contribution in [-0.4, -0.2) is 44.7 Å². The van der Waals surface area contributed by atoms with E-state index in [4.69, 9.17) is 4.74 Å². The van der Waals surface area contributed by atoms with Crippen molar-refractivity contribution in [2.45, 2.75) is 29.2 Å². The highest BCUT2D eigenvalue weighted by Crippen LogP contribution is 2.33. The summed E-state index contributed by atoms with van der Waals surface area (Å²) in [4.78, 5) is 14.1. The summed E-state index contributed by atoms with van der Waals surface area (Å²) in [5.74, 6) is -0.203. The molecule has 0 saturated carbocycles. The lowest BCUT2D eigenvalue weighted by Crippen LogP contribution is -2.43. The number of piperidine rings is 1. The first kappa shape index (κ1) is 21.2. The summed E-state index contributed by atoms with van der Waals surface area (Å²) < 4.78 is 70.2. The Kier molecular flexibility index (Phi) is 5.88. The molecule has 2 aromatic carbocycles. The van der Waals surface area contributed by atoms with Crippen LogP contribution in [0.25, 0.3) is 0 Å². The van der Waals surface area contributed by atoms with Gasteiger partial charge >= 0.3 is 6.18 Å². The van der Waals surface area contributed by atoms with E-state index < -0.39 is 38.3 Å². The van der Waals surface area contributed by atoms with E-state index in [0.717, 1.165) is 12.1 Å². The molecule has 0 aromatic heterocycles. The number of halogens is 3. The maximum absolute atomic E-state index is 13.2. The lowest BCUT2D eigenvalue weighted by Gasteiger charge is -2.32. The van der Waals surface area contributed by atoms with Crippen molar-refractivity contribution in [3.8, 4) is 5.75 Å². The van der Waals surface area contributed by atoms with Gasteiger partial charge in [0.2, 0.25) is 0 Å². The molecule has 1 amide bonds. The van der Waals surface area contributed by atoms with Crippen LogP contribution in [0.2, 0.25) is 0 Å². The maximum Gasteiger partial charge on any atom is 0.417 e. The Morgan fingerprint density at radius 1 is 1.03 bits per heavy atom. The second kappa shape index (κ2) is 8.06. The summed E-state index contributed by atoms with van der Waals surface area (Å²) in [6.07, 6.45) is -4.31. The van der Waals surface area contributed by atoms with E-state index in [1.165, 1.54) is 36.3 Å². The quantitative estimate of drug-likeness (QED) is 0.745. The van der Waals surface area contributed by atoms with Crippen LogP contribution in [0.5, 0.6) is 5.75 Å². The number of hydrogen-bond donors (Lipinski definition) is 0. The summed E-state index contributed by atoms with van der Waals surface area (Å²) in [6, 6.07) is 10.7. The van der Waals surface area contributed by atoms with Gasteiger partial charge in [0.05, 0.1) is 28.4 Å². The minimum atomic E-state index is -4.64. The topological polar surface area (TPSA) is 63.7 Å². The fraction of sp³-hybridized carbons (Fsp3) is 0.350. The number of carbonyl (C=O) groups is 1. The van der Waals surface area contributed by atoms with E-state index in [1.807, 2.05) is 0 Å². The van der Waals surface area contributed by atoms with Gasteiger partial charge < -0.3 is 9.64 Å². The molecular weight excluding hydrogens is 407 g/mol. The predicted molar refractivity (Wildman–Crippen MR) is 101 cm³/mol. The third-order valence-corrected chi connectivity index (χ3v) is 7.30. The van der Waals surface area contributed by atoms with Crippen molar-refractivity contribution >= 4 is 15.7 Å². The highest BCUT2D eigenvalue weighted by Gasteiger charge is 2.38. The summed E-state index contributed by atoms with van der Waals surface area (Å²) in [7, 11) is -2.13. The predicted octanol–water partition coefficient (Wildman–Crippen LogP) is 3.79. The molecule has 156 valence electrons. The Morgan fingerprint density at radius 3 is 2.17 bits per heavy atom. The molecule has 0 unspecified atom stereocenters. The van der Waals surface area contributed by atoms with Gasteiger partial charge in [0, 0.05) is 13.1 Å². The fourth-order valence-corrected chi connectivity index (χ4v) is 5.15. The van der Waals surface area contributed by atoms with E-state index in [0.29, 0.717) is 5.75 Å². The molecule has 1 heterocycles. The van der Waals surface area contributed by atoms with Crippen LogP contribution >= 0.6 is 0 Å². The van der Waals surface area contributed by atoms with Crippen molar-refractivity contribution in [2.24, 2.45) is 0 Å². The fourth-order valence-electron chi connectivity index (χ4n) is 3.41. The van der Waals surface area contributed by atoms with Crippen molar-refractivity contribution < 1.29 is 31.1 Å². The molecule has 3 rings (SSSR count). The third-order valence-electron chi connectivity index (χ3n) is 5.02. The lowest BCUT2D eigenvalue weighted by atomic mass is 10.0. The number of methoxy groups -OCH3 is 1. The smallest absolute Gasteiger partial charge is 0.417 e. The van der Waals surface area contributed by atoms with Crippen molar-refractivity contribution in [1.82, 2.24) is 4.90 Å². The third kappa shape index (κ3) is 4.39. The van der Waals surface area contributed by atoms with Gasteiger partial charge in [-0.15, -0.1) is 0 Å². The number of alkyl halides is 3. The normalized spacial score (nSPS) is 15.9. The van der Waals surface area contributed by atoms with Gasteiger partial charge in [-0.2, -0.15) is 13.2 Å². The number of sulfone groups is 1. The monoisotopic (exact) mass is 427 g/mol. The summed E-state index contributed by atoms with van der Waals surface area (Å²) in [5, 5.41) is -0.696. The molecule has 0 radical (unpaired) electrons. The number of nitrogens with zero attached hydrogens (tertiary/aromatic N) is 1. The van der Waals surface area contributed by atoms with Crippen LogP contribution < -0.4 is 4.74 Å².